The Labute approximate surface area is 125 Å². The molecule has 0 amide bonds. The summed E-state index contributed by atoms with van der Waals surface area (Å²) in [6, 6.07) is 4.43. The Hall–Kier alpha value is -0.290. The zero-order chi connectivity index (χ0) is 10.3. The molecule has 2 saturated heterocycles. The van der Waals surface area contributed by atoms with Crippen LogP contribution in [0.15, 0.2) is 18.3 Å². The van der Waals surface area contributed by atoms with Crippen LogP contribution >= 0.6 is 37.2 Å². The second-order valence-corrected chi connectivity index (χ2v) is 4.38. The molecule has 0 spiro atoms. The molecular formula is C11H17Cl3FN3. The highest BCUT2D eigenvalue weighted by Gasteiger charge is 2.32. The van der Waals surface area contributed by atoms with Crippen LogP contribution < -0.4 is 10.2 Å². The third-order valence-corrected chi connectivity index (χ3v) is 3.25. The van der Waals surface area contributed by atoms with E-state index in [1.807, 2.05) is 0 Å². The lowest BCUT2D eigenvalue weighted by atomic mass is 10.2. The maximum Gasteiger partial charge on any atom is 0.141 e. The summed E-state index contributed by atoms with van der Waals surface area (Å²) in [7, 11) is 0. The van der Waals surface area contributed by atoms with Crippen molar-refractivity contribution in [1.82, 2.24) is 10.3 Å². The van der Waals surface area contributed by atoms with Crippen molar-refractivity contribution in [3.63, 3.8) is 0 Å². The number of nitrogens with one attached hydrogen (secondary N) is 1. The summed E-state index contributed by atoms with van der Waals surface area (Å²) in [6.45, 7) is 1.99. The molecule has 2 atom stereocenters. The highest BCUT2D eigenvalue weighted by atomic mass is 35.5. The van der Waals surface area contributed by atoms with Crippen molar-refractivity contribution in [2.24, 2.45) is 0 Å². The van der Waals surface area contributed by atoms with Gasteiger partial charge in [-0.05, 0) is 25.0 Å². The first-order chi connectivity index (χ1) is 7.31. The Morgan fingerprint density at radius 3 is 2.22 bits per heavy atom. The fourth-order valence-electron chi connectivity index (χ4n) is 2.54. The van der Waals surface area contributed by atoms with E-state index in [2.05, 4.69) is 15.2 Å². The SMILES string of the molecule is Cl.Cl.Cl.Fc1ccc(N2CC3CCC(C2)N3)nc1. The van der Waals surface area contributed by atoms with Crippen molar-refractivity contribution >= 4 is 43.0 Å². The van der Waals surface area contributed by atoms with Gasteiger partial charge in [0.1, 0.15) is 11.6 Å². The molecule has 1 aromatic rings. The van der Waals surface area contributed by atoms with Crippen molar-refractivity contribution in [1.29, 1.82) is 0 Å². The van der Waals surface area contributed by atoms with E-state index in [-0.39, 0.29) is 43.0 Å². The molecule has 3 rings (SSSR count). The van der Waals surface area contributed by atoms with Crippen molar-refractivity contribution in [2.45, 2.75) is 24.9 Å². The first-order valence-corrected chi connectivity index (χ1v) is 5.44. The molecule has 2 aliphatic heterocycles. The van der Waals surface area contributed by atoms with Crippen LogP contribution in [-0.2, 0) is 0 Å². The summed E-state index contributed by atoms with van der Waals surface area (Å²) < 4.78 is 12.7. The minimum absolute atomic E-state index is 0. The lowest BCUT2D eigenvalue weighted by molar-refractivity contribution is 0.463. The number of anilines is 1. The highest BCUT2D eigenvalue weighted by Crippen LogP contribution is 2.23. The second kappa shape index (κ2) is 7.34. The van der Waals surface area contributed by atoms with E-state index in [1.165, 1.54) is 25.1 Å². The molecule has 104 valence electrons. The number of pyridine rings is 1. The number of nitrogens with zero attached hydrogens (tertiary/aromatic N) is 2. The first-order valence-electron chi connectivity index (χ1n) is 5.44. The van der Waals surface area contributed by atoms with Gasteiger partial charge in [0.25, 0.3) is 0 Å². The number of aromatic nitrogens is 1. The van der Waals surface area contributed by atoms with Gasteiger partial charge in [0, 0.05) is 25.2 Å². The molecule has 0 radical (unpaired) electrons. The van der Waals surface area contributed by atoms with Crippen molar-refractivity contribution in [2.75, 3.05) is 18.0 Å². The largest absolute Gasteiger partial charge is 0.353 e. The molecule has 0 aliphatic carbocycles. The lowest BCUT2D eigenvalue weighted by Crippen LogP contribution is -2.51. The standard InChI is InChI=1S/C11H14FN3.3ClH/c12-8-1-4-11(13-5-8)15-6-9-2-3-10(7-15)14-9;;;/h1,4-5,9-10,14H,2-3,6-7H2;3*1H. The Morgan fingerprint density at radius 2 is 1.72 bits per heavy atom. The molecule has 1 aromatic heterocycles. The number of fused-ring (bicyclic) bond motifs is 2. The summed E-state index contributed by atoms with van der Waals surface area (Å²) in [5.74, 6) is 0.631. The topological polar surface area (TPSA) is 28.2 Å². The van der Waals surface area contributed by atoms with Crippen LogP contribution in [0, 0.1) is 5.82 Å². The summed E-state index contributed by atoms with van der Waals surface area (Å²) in [4.78, 5) is 6.37. The van der Waals surface area contributed by atoms with Gasteiger partial charge in [-0.2, -0.15) is 0 Å². The smallest absolute Gasteiger partial charge is 0.141 e. The summed E-state index contributed by atoms with van der Waals surface area (Å²) in [5, 5.41) is 3.56. The molecule has 3 heterocycles. The zero-order valence-corrected chi connectivity index (χ0v) is 12.2. The van der Waals surface area contributed by atoms with Crippen molar-refractivity contribution < 1.29 is 4.39 Å². The Morgan fingerprint density at radius 1 is 1.11 bits per heavy atom. The fraction of sp³-hybridized carbons (Fsp3) is 0.545. The van der Waals surface area contributed by atoms with Gasteiger partial charge >= 0.3 is 0 Å². The van der Waals surface area contributed by atoms with Crippen LogP contribution in [0.25, 0.3) is 0 Å². The van der Waals surface area contributed by atoms with E-state index in [0.29, 0.717) is 12.1 Å². The number of hydrogen-bond donors (Lipinski definition) is 1. The van der Waals surface area contributed by atoms with Crippen LogP contribution in [-0.4, -0.2) is 30.2 Å². The van der Waals surface area contributed by atoms with Crippen LogP contribution in [0.4, 0.5) is 10.2 Å². The Kier molecular flexibility index (Phi) is 7.22. The number of halogens is 4. The maximum atomic E-state index is 12.7. The van der Waals surface area contributed by atoms with Gasteiger partial charge in [-0.15, -0.1) is 37.2 Å². The molecular weight excluding hydrogens is 299 g/mol. The third-order valence-electron chi connectivity index (χ3n) is 3.25. The average molecular weight is 317 g/mol. The number of rotatable bonds is 1. The minimum atomic E-state index is -0.267. The lowest BCUT2D eigenvalue weighted by Gasteiger charge is -2.33. The average Bonchev–Trinajstić information content (AvgIpc) is 2.59. The van der Waals surface area contributed by atoms with E-state index in [9.17, 15) is 4.39 Å². The zero-order valence-electron chi connectivity index (χ0n) is 9.71. The maximum absolute atomic E-state index is 12.7. The van der Waals surface area contributed by atoms with Crippen molar-refractivity contribution in [3.8, 4) is 0 Å². The van der Waals surface area contributed by atoms with Gasteiger partial charge in [-0.3, -0.25) is 0 Å². The van der Waals surface area contributed by atoms with E-state index in [1.54, 1.807) is 6.07 Å². The minimum Gasteiger partial charge on any atom is -0.353 e. The molecule has 2 aliphatic rings. The fourth-order valence-corrected chi connectivity index (χ4v) is 2.54. The predicted molar refractivity (Wildman–Crippen MR) is 78.1 cm³/mol. The molecule has 7 heteroatoms. The highest BCUT2D eigenvalue weighted by molar-refractivity contribution is 5.86. The summed E-state index contributed by atoms with van der Waals surface area (Å²) >= 11 is 0. The van der Waals surface area contributed by atoms with Gasteiger partial charge in [0.2, 0.25) is 0 Å². The molecule has 2 fully saturated rings. The van der Waals surface area contributed by atoms with E-state index in [0.717, 1.165) is 18.9 Å². The quantitative estimate of drug-likeness (QED) is 0.862. The van der Waals surface area contributed by atoms with Gasteiger partial charge in [0.15, 0.2) is 0 Å². The van der Waals surface area contributed by atoms with Gasteiger partial charge in [0.05, 0.1) is 6.20 Å². The molecule has 1 N–H and O–H groups in total. The Bertz CT molecular complexity index is 351. The molecule has 3 nitrogen and oxygen atoms in total. The normalized spacial score (nSPS) is 24.6. The third kappa shape index (κ3) is 3.60. The molecule has 2 unspecified atom stereocenters. The Balaban J connectivity index is 0.000000963. The van der Waals surface area contributed by atoms with Crippen LogP contribution in [0.5, 0.6) is 0 Å². The molecule has 0 saturated carbocycles. The number of hydrogen-bond acceptors (Lipinski definition) is 3. The van der Waals surface area contributed by atoms with Gasteiger partial charge in [-0.25, -0.2) is 9.37 Å². The van der Waals surface area contributed by atoms with E-state index < -0.39 is 0 Å². The van der Waals surface area contributed by atoms with Crippen molar-refractivity contribution in [3.05, 3.63) is 24.1 Å². The summed E-state index contributed by atoms with van der Waals surface area (Å²) in [5.41, 5.74) is 0. The van der Waals surface area contributed by atoms with E-state index in [4.69, 9.17) is 0 Å². The molecule has 18 heavy (non-hydrogen) atoms. The monoisotopic (exact) mass is 315 g/mol. The second-order valence-electron chi connectivity index (χ2n) is 4.38. The molecule has 2 bridgehead atoms. The van der Waals surface area contributed by atoms with Crippen LogP contribution in [0.3, 0.4) is 0 Å². The van der Waals surface area contributed by atoms with Gasteiger partial charge in [-0.1, -0.05) is 0 Å². The molecule has 0 aromatic carbocycles. The van der Waals surface area contributed by atoms with Crippen LogP contribution in [0.1, 0.15) is 12.8 Å². The van der Waals surface area contributed by atoms with Crippen LogP contribution in [0.2, 0.25) is 0 Å². The van der Waals surface area contributed by atoms with Gasteiger partial charge < -0.3 is 10.2 Å². The summed E-state index contributed by atoms with van der Waals surface area (Å²) in [6.07, 6.45) is 3.80. The van der Waals surface area contributed by atoms with E-state index >= 15 is 0 Å². The number of piperazine rings is 1. The first kappa shape index (κ1) is 17.7. The predicted octanol–water partition coefficient (Wildman–Crippen LogP) is 2.43.